The predicted octanol–water partition coefficient (Wildman–Crippen LogP) is 4.20. The molecule has 1 fully saturated rings. The summed E-state index contributed by atoms with van der Waals surface area (Å²) in [5.41, 5.74) is 4.47. The van der Waals surface area contributed by atoms with Gasteiger partial charge in [0.05, 0.1) is 25.0 Å². The number of piperazine rings is 1. The second-order valence-electron chi connectivity index (χ2n) is 10.4. The second-order valence-corrected chi connectivity index (χ2v) is 10.4. The molecular weight excluding hydrogens is 452 g/mol. The first kappa shape index (κ1) is 24.1. The van der Waals surface area contributed by atoms with Gasteiger partial charge in [0.2, 0.25) is 11.8 Å². The Bertz CT molecular complexity index is 1240. The highest BCUT2D eigenvalue weighted by Gasteiger charge is 2.53. The van der Waals surface area contributed by atoms with Gasteiger partial charge in [-0.25, -0.2) is 9.60 Å². The topological polar surface area (TPSA) is 65.8 Å². The Balaban J connectivity index is 1.36. The molecule has 0 radical (unpaired) electrons. The molecule has 7 heteroatoms. The van der Waals surface area contributed by atoms with E-state index in [1.54, 1.807) is 6.26 Å². The average Bonchev–Trinajstić information content (AvgIpc) is 3.50. The summed E-state index contributed by atoms with van der Waals surface area (Å²) in [7, 11) is 2.11. The quantitative estimate of drug-likeness (QED) is 0.548. The first-order valence-corrected chi connectivity index (χ1v) is 12.7. The molecule has 0 saturated carbocycles. The number of anilines is 1. The number of benzene rings is 2. The maximum absolute atomic E-state index is 13.7. The third-order valence-electron chi connectivity index (χ3n) is 7.65. The molecule has 3 aromatic rings. The molecule has 1 aromatic heterocycles. The summed E-state index contributed by atoms with van der Waals surface area (Å²) < 4.78 is 6.12. The number of fused-ring (bicyclic) bond motifs is 1. The minimum absolute atomic E-state index is 0.0302. The molecule has 2 aromatic carbocycles. The smallest absolute Gasteiger partial charge is 0.249 e. The molecule has 1 N–H and O–H groups in total. The van der Waals surface area contributed by atoms with Crippen LogP contribution in [0.15, 0.2) is 71.3 Å². The normalized spacial score (nSPS) is 23.2. The van der Waals surface area contributed by atoms with Crippen LogP contribution in [0.1, 0.15) is 31.9 Å². The summed E-state index contributed by atoms with van der Waals surface area (Å²) in [4.78, 5) is 28.8. The van der Waals surface area contributed by atoms with Gasteiger partial charge < -0.3 is 14.6 Å². The number of carbonyl (C=O) groups excluding carboxylic acids is 2. The van der Waals surface area contributed by atoms with Gasteiger partial charge in [-0.05, 0) is 30.7 Å². The third-order valence-corrected chi connectivity index (χ3v) is 7.65. The number of hydrogen-bond acceptors (Lipinski definition) is 4. The van der Waals surface area contributed by atoms with Crippen LogP contribution < -0.4 is 10.3 Å². The number of nitrogens with one attached hydrogen (secondary N) is 1. The first-order chi connectivity index (χ1) is 17.3. The van der Waals surface area contributed by atoms with Crippen molar-refractivity contribution in [2.24, 2.45) is 5.92 Å². The maximum atomic E-state index is 13.7. The van der Waals surface area contributed by atoms with Crippen LogP contribution in [0.5, 0.6) is 0 Å². The lowest BCUT2D eigenvalue weighted by molar-refractivity contribution is -0.949. The van der Waals surface area contributed by atoms with Crippen molar-refractivity contribution in [1.82, 2.24) is 10.2 Å². The molecule has 188 valence electrons. The fourth-order valence-electron chi connectivity index (χ4n) is 5.77. The lowest BCUT2D eigenvalue weighted by atomic mass is 10.0. The fourth-order valence-corrected chi connectivity index (χ4v) is 5.77. The summed E-state index contributed by atoms with van der Waals surface area (Å²) in [6, 6.07) is 19.6. The first-order valence-electron chi connectivity index (χ1n) is 12.7. The number of nitrogens with zero attached hydrogens (tertiary/aromatic N) is 3. The standard InChI is InChI=1S/C29H34N4O3/c1-20(2)29(35)32-21(3)17-33(18-24-8-5-6-9-25(24)31(33)4)19-26(32)28(34)30-16-22-11-13-23(14-12-22)27-10-7-15-36-27/h5-15,20-21,26H,16-19H2,1-4H3/p+1. The van der Waals surface area contributed by atoms with Gasteiger partial charge in [-0.15, -0.1) is 0 Å². The number of rotatable bonds is 5. The molecule has 36 heavy (non-hydrogen) atoms. The predicted molar refractivity (Wildman–Crippen MR) is 139 cm³/mol. The fraction of sp³-hybridized carbons (Fsp3) is 0.379. The average molecular weight is 488 g/mol. The van der Waals surface area contributed by atoms with Crippen molar-refractivity contribution in [3.8, 4) is 11.3 Å². The number of para-hydroxylation sites is 1. The number of quaternary nitrogens is 1. The van der Waals surface area contributed by atoms with E-state index in [1.807, 2.05) is 55.1 Å². The van der Waals surface area contributed by atoms with Gasteiger partial charge in [0.15, 0.2) is 6.04 Å². The summed E-state index contributed by atoms with van der Waals surface area (Å²) in [6.07, 6.45) is 1.66. The van der Waals surface area contributed by atoms with Gasteiger partial charge in [0, 0.05) is 23.6 Å². The van der Waals surface area contributed by atoms with Crippen LogP contribution in [0.2, 0.25) is 0 Å². The van der Waals surface area contributed by atoms with E-state index >= 15 is 0 Å². The second kappa shape index (κ2) is 9.47. The largest absolute Gasteiger partial charge is 0.464 e. The summed E-state index contributed by atoms with van der Waals surface area (Å²) >= 11 is 0. The van der Waals surface area contributed by atoms with Crippen LogP contribution in [0.4, 0.5) is 5.69 Å². The summed E-state index contributed by atoms with van der Waals surface area (Å²) in [6.45, 7) is 8.45. The highest BCUT2D eigenvalue weighted by molar-refractivity contribution is 5.89. The van der Waals surface area contributed by atoms with E-state index in [0.29, 0.717) is 17.7 Å². The Labute approximate surface area is 212 Å². The van der Waals surface area contributed by atoms with Gasteiger partial charge in [0.1, 0.15) is 25.4 Å². The van der Waals surface area contributed by atoms with E-state index in [2.05, 4.69) is 48.6 Å². The monoisotopic (exact) mass is 487 g/mol. The molecule has 1 saturated heterocycles. The van der Waals surface area contributed by atoms with Crippen molar-refractivity contribution in [1.29, 1.82) is 0 Å². The molecule has 2 amide bonds. The third kappa shape index (κ3) is 4.28. The Morgan fingerprint density at radius 1 is 1.06 bits per heavy atom. The number of carbonyl (C=O) groups is 2. The highest BCUT2D eigenvalue weighted by atomic mass is 16.3. The van der Waals surface area contributed by atoms with E-state index in [-0.39, 0.29) is 23.8 Å². The number of furan rings is 1. The van der Waals surface area contributed by atoms with Crippen molar-refractivity contribution in [2.45, 2.75) is 45.9 Å². The Morgan fingerprint density at radius 3 is 2.47 bits per heavy atom. The number of hydrogen-bond donors (Lipinski definition) is 1. The van der Waals surface area contributed by atoms with Crippen molar-refractivity contribution >= 4 is 17.5 Å². The Kier molecular flexibility index (Phi) is 6.35. The summed E-state index contributed by atoms with van der Waals surface area (Å²) in [5, 5.41) is 5.41. The minimum atomic E-state index is -0.539. The zero-order valence-electron chi connectivity index (χ0n) is 21.5. The molecule has 5 rings (SSSR count). The highest BCUT2D eigenvalue weighted by Crippen LogP contribution is 2.39. The molecule has 1 spiro atoms. The lowest BCUT2D eigenvalue weighted by Crippen LogP contribution is -2.73. The zero-order valence-corrected chi connectivity index (χ0v) is 21.5. The minimum Gasteiger partial charge on any atom is -0.464 e. The molecule has 3 atom stereocenters. The van der Waals surface area contributed by atoms with Crippen LogP contribution in [-0.2, 0) is 22.7 Å². The van der Waals surface area contributed by atoms with Crippen molar-refractivity contribution in [2.75, 3.05) is 25.1 Å². The lowest BCUT2D eigenvalue weighted by Gasteiger charge is -2.51. The van der Waals surface area contributed by atoms with Gasteiger partial charge in [-0.2, -0.15) is 0 Å². The Morgan fingerprint density at radius 2 is 1.81 bits per heavy atom. The SMILES string of the molecule is CC(C)C(=O)N1C(C)C[N+]2(Cc3ccccc3N2C)CC1C(=O)NCc1ccc(-c2ccco2)cc1. The van der Waals surface area contributed by atoms with Gasteiger partial charge in [-0.1, -0.05) is 56.3 Å². The van der Waals surface area contributed by atoms with Gasteiger partial charge in [-0.3, -0.25) is 9.59 Å². The van der Waals surface area contributed by atoms with Crippen LogP contribution in [0.3, 0.4) is 0 Å². The van der Waals surface area contributed by atoms with Crippen LogP contribution in [-0.4, -0.2) is 53.5 Å². The summed E-state index contributed by atoms with van der Waals surface area (Å²) in [5.74, 6) is 0.571. The van der Waals surface area contributed by atoms with E-state index in [9.17, 15) is 9.59 Å². The maximum Gasteiger partial charge on any atom is 0.249 e. The zero-order chi connectivity index (χ0) is 25.4. The van der Waals surface area contributed by atoms with Crippen molar-refractivity contribution in [3.63, 3.8) is 0 Å². The van der Waals surface area contributed by atoms with Crippen LogP contribution >= 0.6 is 0 Å². The van der Waals surface area contributed by atoms with E-state index < -0.39 is 6.04 Å². The van der Waals surface area contributed by atoms with E-state index in [0.717, 1.165) is 30.0 Å². The molecule has 0 aliphatic carbocycles. The van der Waals surface area contributed by atoms with Crippen LogP contribution in [0, 0.1) is 5.92 Å². The number of amides is 2. The molecule has 0 bridgehead atoms. The van der Waals surface area contributed by atoms with E-state index in [4.69, 9.17) is 4.42 Å². The molecule has 3 heterocycles. The van der Waals surface area contributed by atoms with Gasteiger partial charge in [0.25, 0.3) is 0 Å². The Hall–Kier alpha value is -3.58. The molecular formula is C29H35N4O3+. The molecule has 7 nitrogen and oxygen atoms in total. The van der Waals surface area contributed by atoms with Crippen molar-refractivity contribution in [3.05, 3.63) is 78.1 Å². The van der Waals surface area contributed by atoms with Crippen LogP contribution in [0.25, 0.3) is 11.3 Å². The van der Waals surface area contributed by atoms with E-state index in [1.165, 1.54) is 11.3 Å². The molecule has 3 unspecified atom stereocenters. The molecule has 2 aliphatic heterocycles. The molecule has 2 aliphatic rings. The van der Waals surface area contributed by atoms with Crippen molar-refractivity contribution < 1.29 is 18.6 Å². The van der Waals surface area contributed by atoms with Gasteiger partial charge >= 0.3 is 0 Å².